The van der Waals surface area contributed by atoms with Gasteiger partial charge in [-0.05, 0) is 31.0 Å². The van der Waals surface area contributed by atoms with Crippen LogP contribution >= 0.6 is 0 Å². The number of carbonyl (C=O) groups excluding carboxylic acids is 1. The maximum atomic E-state index is 13.0. The van der Waals surface area contributed by atoms with Crippen LogP contribution in [0, 0.1) is 6.92 Å². The van der Waals surface area contributed by atoms with E-state index in [9.17, 15) is 9.59 Å². The fraction of sp³-hybridized carbons (Fsp3) is 0.400. The number of pyridine rings is 1. The van der Waals surface area contributed by atoms with Crippen molar-refractivity contribution in [2.45, 2.75) is 45.7 Å². The van der Waals surface area contributed by atoms with Gasteiger partial charge in [-0.25, -0.2) is 4.98 Å². The van der Waals surface area contributed by atoms with E-state index in [-0.39, 0.29) is 12.3 Å². The Morgan fingerprint density at radius 2 is 2.14 bits per heavy atom. The first kappa shape index (κ1) is 18.2. The van der Waals surface area contributed by atoms with E-state index >= 15 is 0 Å². The van der Waals surface area contributed by atoms with Crippen molar-refractivity contribution in [1.29, 1.82) is 0 Å². The van der Waals surface area contributed by atoms with Crippen LogP contribution in [0.1, 0.15) is 35.5 Å². The lowest BCUT2D eigenvalue weighted by Crippen LogP contribution is -2.32. The third-order valence-corrected chi connectivity index (χ3v) is 5.15. The van der Waals surface area contributed by atoms with Gasteiger partial charge >= 0.3 is 5.97 Å². The highest BCUT2D eigenvalue weighted by atomic mass is 16.4. The first-order chi connectivity index (χ1) is 13.5. The number of amides is 1. The molecular formula is C20H23N5O3. The molecule has 4 rings (SSSR count). The normalized spacial score (nSPS) is 14.1. The molecule has 0 fully saturated rings. The molecule has 0 spiro atoms. The maximum absolute atomic E-state index is 13.0. The number of imidazole rings is 1. The molecule has 0 saturated carbocycles. The van der Waals surface area contributed by atoms with Crippen LogP contribution in [-0.2, 0) is 35.5 Å². The number of carbonyl (C=O) groups is 2. The predicted octanol–water partition coefficient (Wildman–Crippen LogP) is 1.83. The van der Waals surface area contributed by atoms with Crippen molar-refractivity contribution in [3.8, 4) is 0 Å². The average molecular weight is 381 g/mol. The summed E-state index contributed by atoms with van der Waals surface area (Å²) in [6.07, 6.45) is 5.30. The van der Waals surface area contributed by atoms with Gasteiger partial charge in [0, 0.05) is 31.9 Å². The van der Waals surface area contributed by atoms with E-state index in [1.165, 1.54) is 0 Å². The monoisotopic (exact) mass is 381 g/mol. The third kappa shape index (κ3) is 3.62. The number of aliphatic carboxylic acids is 1. The summed E-state index contributed by atoms with van der Waals surface area (Å²) in [5.41, 5.74) is 4.56. The van der Waals surface area contributed by atoms with E-state index in [0.717, 1.165) is 41.3 Å². The molecule has 4 heterocycles. The first-order valence-corrected chi connectivity index (χ1v) is 9.48. The summed E-state index contributed by atoms with van der Waals surface area (Å²) in [6.45, 7) is 3.92. The Kier molecular flexibility index (Phi) is 4.85. The number of nitrogens with zero attached hydrogens (tertiary/aromatic N) is 5. The fourth-order valence-corrected chi connectivity index (χ4v) is 3.69. The topological polar surface area (TPSA) is 92.7 Å². The highest BCUT2D eigenvalue weighted by molar-refractivity contribution is 5.78. The van der Waals surface area contributed by atoms with Gasteiger partial charge in [-0.3, -0.25) is 14.3 Å². The van der Waals surface area contributed by atoms with Gasteiger partial charge in [-0.15, -0.1) is 0 Å². The highest BCUT2D eigenvalue weighted by Crippen LogP contribution is 2.17. The van der Waals surface area contributed by atoms with Crippen molar-refractivity contribution < 1.29 is 14.7 Å². The number of carboxylic acid groups (broad SMARTS) is 1. The van der Waals surface area contributed by atoms with Crippen LogP contribution in [0.15, 0.2) is 30.6 Å². The third-order valence-electron chi connectivity index (χ3n) is 5.15. The lowest BCUT2D eigenvalue weighted by molar-refractivity contribution is -0.137. The van der Waals surface area contributed by atoms with Crippen LogP contribution in [0.3, 0.4) is 0 Å². The van der Waals surface area contributed by atoms with Gasteiger partial charge in [0.25, 0.3) is 0 Å². The predicted molar refractivity (Wildman–Crippen MR) is 102 cm³/mol. The lowest BCUT2D eigenvalue weighted by atomic mass is 10.2. The highest BCUT2D eigenvalue weighted by Gasteiger charge is 2.22. The Morgan fingerprint density at radius 1 is 1.29 bits per heavy atom. The van der Waals surface area contributed by atoms with E-state index in [1.807, 2.05) is 45.3 Å². The largest absolute Gasteiger partial charge is 0.481 e. The summed E-state index contributed by atoms with van der Waals surface area (Å²) in [7, 11) is 0. The zero-order chi connectivity index (χ0) is 19.7. The SMILES string of the molecule is Cc1cccn2c(CC(=O)N3CCCn4nc(CCC(=O)O)cc4C3)cnc12. The summed E-state index contributed by atoms with van der Waals surface area (Å²) in [5, 5.41) is 13.4. The molecule has 0 bridgehead atoms. The number of fused-ring (bicyclic) bond motifs is 2. The van der Waals surface area contributed by atoms with Crippen molar-refractivity contribution in [2.24, 2.45) is 0 Å². The molecular weight excluding hydrogens is 358 g/mol. The van der Waals surface area contributed by atoms with Gasteiger partial charge < -0.3 is 14.4 Å². The second-order valence-electron chi connectivity index (χ2n) is 7.22. The van der Waals surface area contributed by atoms with Gasteiger partial charge in [0.05, 0.1) is 36.5 Å². The minimum Gasteiger partial charge on any atom is -0.481 e. The fourth-order valence-electron chi connectivity index (χ4n) is 3.69. The Balaban J connectivity index is 1.49. The van der Waals surface area contributed by atoms with Crippen LogP contribution in [0.25, 0.3) is 5.65 Å². The number of aryl methyl sites for hydroxylation is 3. The van der Waals surface area contributed by atoms with Crippen molar-refractivity contribution in [3.05, 3.63) is 53.2 Å². The Labute approximate surface area is 162 Å². The molecule has 146 valence electrons. The molecule has 1 aliphatic rings. The molecule has 28 heavy (non-hydrogen) atoms. The zero-order valence-corrected chi connectivity index (χ0v) is 15.8. The van der Waals surface area contributed by atoms with Crippen LogP contribution in [-0.4, -0.2) is 47.6 Å². The molecule has 8 nitrogen and oxygen atoms in total. The second kappa shape index (κ2) is 7.46. The van der Waals surface area contributed by atoms with E-state index in [2.05, 4.69) is 10.1 Å². The lowest BCUT2D eigenvalue weighted by Gasteiger charge is -2.20. The standard InChI is InChI=1S/C20H23N5O3/c1-14-4-2-8-24-16(12-21-20(14)24)11-18(26)23-7-3-9-25-17(13-23)10-15(22-25)5-6-19(27)28/h2,4,8,10,12H,3,5-7,9,11,13H2,1H3,(H,27,28). The summed E-state index contributed by atoms with van der Waals surface area (Å²) in [5.74, 6) is -0.770. The maximum Gasteiger partial charge on any atom is 0.303 e. The molecule has 0 saturated heterocycles. The van der Waals surface area contributed by atoms with Gasteiger partial charge in [-0.2, -0.15) is 5.10 Å². The molecule has 0 aromatic carbocycles. The first-order valence-electron chi connectivity index (χ1n) is 9.48. The van der Waals surface area contributed by atoms with E-state index < -0.39 is 5.97 Å². The summed E-state index contributed by atoms with van der Waals surface area (Å²) in [6, 6.07) is 5.89. The molecule has 0 unspecified atom stereocenters. The second-order valence-corrected chi connectivity index (χ2v) is 7.22. The molecule has 0 aliphatic carbocycles. The van der Waals surface area contributed by atoms with E-state index in [4.69, 9.17) is 5.11 Å². The quantitative estimate of drug-likeness (QED) is 0.728. The Morgan fingerprint density at radius 3 is 2.96 bits per heavy atom. The molecule has 1 amide bonds. The number of aromatic nitrogens is 4. The van der Waals surface area contributed by atoms with Gasteiger partial charge in [0.1, 0.15) is 5.65 Å². The van der Waals surface area contributed by atoms with Crippen LogP contribution in [0.4, 0.5) is 0 Å². The van der Waals surface area contributed by atoms with E-state index in [0.29, 0.717) is 25.9 Å². The molecule has 1 N–H and O–H groups in total. The number of rotatable bonds is 5. The minimum absolute atomic E-state index is 0.0602. The number of carboxylic acids is 1. The van der Waals surface area contributed by atoms with Crippen molar-refractivity contribution in [3.63, 3.8) is 0 Å². The molecule has 3 aromatic heterocycles. The minimum atomic E-state index is -0.830. The van der Waals surface area contributed by atoms with Crippen molar-refractivity contribution in [1.82, 2.24) is 24.1 Å². The van der Waals surface area contributed by atoms with Crippen molar-refractivity contribution in [2.75, 3.05) is 6.54 Å². The van der Waals surface area contributed by atoms with Gasteiger partial charge in [-0.1, -0.05) is 6.07 Å². The molecule has 1 aliphatic heterocycles. The van der Waals surface area contributed by atoms with Crippen molar-refractivity contribution >= 4 is 17.5 Å². The number of hydrogen-bond donors (Lipinski definition) is 1. The average Bonchev–Trinajstić information content (AvgIpc) is 3.19. The molecule has 8 heteroatoms. The Bertz CT molecular complexity index is 1040. The van der Waals surface area contributed by atoms with Crippen LogP contribution in [0.5, 0.6) is 0 Å². The van der Waals surface area contributed by atoms with E-state index in [1.54, 1.807) is 6.20 Å². The Hall–Kier alpha value is -3.16. The zero-order valence-electron chi connectivity index (χ0n) is 15.8. The molecule has 0 radical (unpaired) electrons. The summed E-state index contributed by atoms with van der Waals surface area (Å²) < 4.78 is 3.88. The van der Waals surface area contributed by atoms with Gasteiger partial charge in [0.15, 0.2) is 0 Å². The van der Waals surface area contributed by atoms with Crippen LogP contribution < -0.4 is 0 Å². The van der Waals surface area contributed by atoms with Gasteiger partial charge in [0.2, 0.25) is 5.91 Å². The summed E-state index contributed by atoms with van der Waals surface area (Å²) >= 11 is 0. The number of hydrogen-bond acceptors (Lipinski definition) is 4. The smallest absolute Gasteiger partial charge is 0.303 e. The van der Waals surface area contributed by atoms with Crippen LogP contribution in [0.2, 0.25) is 0 Å². The molecule has 3 aromatic rings. The molecule has 0 atom stereocenters. The summed E-state index contributed by atoms with van der Waals surface area (Å²) in [4.78, 5) is 30.0.